The Hall–Kier alpha value is -4.81. The van der Waals surface area contributed by atoms with Crippen LogP contribution in [0.2, 0.25) is 0 Å². The van der Waals surface area contributed by atoms with Crippen LogP contribution in [0.4, 0.5) is 11.4 Å². The summed E-state index contributed by atoms with van der Waals surface area (Å²) in [5, 5.41) is 11.0. The van der Waals surface area contributed by atoms with Crippen molar-refractivity contribution in [3.63, 3.8) is 0 Å². The highest BCUT2D eigenvalue weighted by molar-refractivity contribution is 8.27. The van der Waals surface area contributed by atoms with E-state index in [0.29, 0.717) is 21.8 Å². The molecule has 200 valence electrons. The van der Waals surface area contributed by atoms with Gasteiger partial charge in [-0.25, -0.2) is 9.48 Å². The highest BCUT2D eigenvalue weighted by atomic mass is 32.2. The van der Waals surface area contributed by atoms with Crippen LogP contribution in [0, 0.1) is 17.0 Å². The first-order chi connectivity index (χ1) is 19.2. The Morgan fingerprint density at radius 2 is 1.73 bits per heavy atom. The van der Waals surface area contributed by atoms with Gasteiger partial charge in [-0.05, 0) is 48.9 Å². The van der Waals surface area contributed by atoms with E-state index in [1.807, 2.05) is 18.2 Å². The van der Waals surface area contributed by atoms with Gasteiger partial charge >= 0.3 is 5.97 Å². The summed E-state index contributed by atoms with van der Waals surface area (Å²) in [7, 11) is 1.74. The minimum atomic E-state index is -0.739. The molecule has 5 rings (SSSR count). The number of nitrogens with zero attached hydrogens (tertiary/aromatic N) is 4. The van der Waals surface area contributed by atoms with Crippen molar-refractivity contribution in [1.29, 1.82) is 0 Å². The Labute approximate surface area is 237 Å². The summed E-state index contributed by atoms with van der Waals surface area (Å²) in [6.45, 7) is 1.76. The summed E-state index contributed by atoms with van der Waals surface area (Å²) in [6, 6.07) is 20.8. The van der Waals surface area contributed by atoms with Gasteiger partial charge in [0, 0.05) is 19.2 Å². The second-order valence-corrected chi connectivity index (χ2v) is 10.4. The van der Waals surface area contributed by atoms with Gasteiger partial charge in [0.25, 0.3) is 17.2 Å². The maximum absolute atomic E-state index is 13.4. The number of nitro groups is 1. The van der Waals surface area contributed by atoms with Gasteiger partial charge in [-0.2, -0.15) is 0 Å². The number of amides is 1. The molecule has 0 unspecified atom stereocenters. The third-order valence-corrected chi connectivity index (χ3v) is 7.52. The van der Waals surface area contributed by atoms with Crippen LogP contribution in [-0.4, -0.2) is 30.5 Å². The minimum absolute atomic E-state index is 0.0458. The molecule has 3 aromatic carbocycles. The fourth-order valence-electron chi connectivity index (χ4n) is 4.17. The van der Waals surface area contributed by atoms with Crippen molar-refractivity contribution in [2.45, 2.75) is 6.92 Å². The summed E-state index contributed by atoms with van der Waals surface area (Å²) in [5.41, 5.74) is 1.55. The smallest absolute Gasteiger partial charge is 0.343 e. The van der Waals surface area contributed by atoms with Crippen LogP contribution < -0.4 is 15.2 Å². The average Bonchev–Trinajstić information content (AvgIpc) is 3.34. The van der Waals surface area contributed by atoms with Crippen LogP contribution in [0.15, 0.2) is 88.6 Å². The first kappa shape index (κ1) is 26.8. The molecule has 1 fully saturated rings. The molecule has 1 aliphatic heterocycles. The number of thiocarbonyl (C=S) groups is 1. The fourth-order valence-corrected chi connectivity index (χ4v) is 5.44. The van der Waals surface area contributed by atoms with Crippen molar-refractivity contribution in [3.05, 3.63) is 121 Å². The lowest BCUT2D eigenvalue weighted by atomic mass is 10.2. The molecule has 0 bridgehead atoms. The second-order valence-electron chi connectivity index (χ2n) is 8.69. The minimum Gasteiger partial charge on any atom is -0.423 e. The van der Waals surface area contributed by atoms with Crippen LogP contribution in [-0.2, 0) is 11.8 Å². The molecule has 10 nitrogen and oxygen atoms in total. The van der Waals surface area contributed by atoms with Crippen molar-refractivity contribution in [2.24, 2.45) is 7.05 Å². The zero-order chi connectivity index (χ0) is 28.6. The zero-order valence-electron chi connectivity index (χ0n) is 21.1. The van der Waals surface area contributed by atoms with E-state index in [-0.39, 0.29) is 32.6 Å². The normalized spacial score (nSPS) is 14.2. The lowest BCUT2D eigenvalue weighted by molar-refractivity contribution is -0.384. The Balaban J connectivity index is 1.36. The lowest BCUT2D eigenvalue weighted by Gasteiger charge is -2.12. The molecule has 4 aromatic rings. The predicted octanol–water partition coefficient (Wildman–Crippen LogP) is 5.02. The highest BCUT2D eigenvalue weighted by Crippen LogP contribution is 2.36. The van der Waals surface area contributed by atoms with E-state index < -0.39 is 16.8 Å². The first-order valence-electron chi connectivity index (χ1n) is 11.8. The monoisotopic (exact) mass is 572 g/mol. The average molecular weight is 573 g/mol. The van der Waals surface area contributed by atoms with Gasteiger partial charge in [0.15, 0.2) is 4.32 Å². The molecule has 1 amide bonds. The molecule has 0 aliphatic carbocycles. The van der Waals surface area contributed by atoms with E-state index in [9.17, 15) is 24.5 Å². The van der Waals surface area contributed by atoms with E-state index in [2.05, 4.69) is 0 Å². The maximum Gasteiger partial charge on any atom is 0.343 e. The molecule has 1 saturated heterocycles. The molecule has 0 radical (unpaired) electrons. The summed E-state index contributed by atoms with van der Waals surface area (Å²) < 4.78 is 8.74. The summed E-state index contributed by atoms with van der Waals surface area (Å²) in [4.78, 5) is 51.2. The molecule has 12 heteroatoms. The molecule has 2 heterocycles. The SMILES string of the molecule is Cc1c(N2C(=O)/C(=C/c3ccc(OC(=O)c4cccc([N+](=O)[O-])c4)cc3)SC2=S)c(=O)n(-c2ccccc2)n1C. The van der Waals surface area contributed by atoms with E-state index >= 15 is 0 Å². The topological polar surface area (TPSA) is 117 Å². The molecule has 0 atom stereocenters. The number of esters is 1. The molecular formula is C28H20N4O6S2. The van der Waals surface area contributed by atoms with E-state index in [0.717, 1.165) is 17.8 Å². The third kappa shape index (κ3) is 4.97. The third-order valence-electron chi connectivity index (χ3n) is 6.22. The number of hydrogen-bond donors (Lipinski definition) is 0. The molecule has 0 saturated carbocycles. The van der Waals surface area contributed by atoms with Crippen LogP contribution in [0.1, 0.15) is 21.6 Å². The largest absolute Gasteiger partial charge is 0.423 e. The van der Waals surface area contributed by atoms with Gasteiger partial charge in [-0.1, -0.05) is 60.4 Å². The molecule has 1 aliphatic rings. The van der Waals surface area contributed by atoms with Crippen molar-refractivity contribution in [1.82, 2.24) is 9.36 Å². The number of non-ortho nitro benzene ring substituents is 1. The Morgan fingerprint density at radius 1 is 1.02 bits per heavy atom. The van der Waals surface area contributed by atoms with Crippen LogP contribution >= 0.6 is 24.0 Å². The van der Waals surface area contributed by atoms with Crippen LogP contribution in [0.3, 0.4) is 0 Å². The van der Waals surface area contributed by atoms with E-state index in [1.54, 1.807) is 61.1 Å². The lowest BCUT2D eigenvalue weighted by Crippen LogP contribution is -2.33. The number of anilines is 1. The number of benzene rings is 3. The molecule has 40 heavy (non-hydrogen) atoms. The zero-order valence-corrected chi connectivity index (χ0v) is 22.8. The van der Waals surface area contributed by atoms with Gasteiger partial charge in [-0.15, -0.1) is 0 Å². The molecular weight excluding hydrogens is 552 g/mol. The summed E-state index contributed by atoms with van der Waals surface area (Å²) in [6.07, 6.45) is 1.64. The standard InChI is InChI=1S/C28H20N4O6S2/c1-17-24(26(34)31(29(17)2)20-8-4-3-5-9-20)30-25(33)23(40-28(30)39)15-18-11-13-22(14-12-18)38-27(35)19-7-6-10-21(16-19)32(36)37/h3-16H,1-2H3/b23-15-. The number of carbonyl (C=O) groups excluding carboxylic acids is 2. The maximum atomic E-state index is 13.4. The van der Waals surface area contributed by atoms with Gasteiger partial charge in [0.2, 0.25) is 0 Å². The van der Waals surface area contributed by atoms with Crippen LogP contribution in [0.25, 0.3) is 11.8 Å². The number of hydrogen-bond acceptors (Lipinski definition) is 8. The molecule has 0 spiro atoms. The number of para-hydroxylation sites is 1. The predicted molar refractivity (Wildman–Crippen MR) is 156 cm³/mol. The number of thioether (sulfide) groups is 1. The summed E-state index contributed by atoms with van der Waals surface area (Å²) >= 11 is 6.58. The van der Waals surface area contributed by atoms with E-state index in [4.69, 9.17) is 17.0 Å². The van der Waals surface area contributed by atoms with Gasteiger partial charge in [0.1, 0.15) is 11.4 Å². The van der Waals surface area contributed by atoms with Gasteiger partial charge < -0.3 is 4.74 Å². The Bertz CT molecular complexity index is 1770. The number of nitro benzene ring substituents is 1. The van der Waals surface area contributed by atoms with Crippen molar-refractivity contribution in [2.75, 3.05) is 4.90 Å². The summed E-state index contributed by atoms with van der Waals surface area (Å²) in [5.74, 6) is -0.929. The van der Waals surface area contributed by atoms with Crippen molar-refractivity contribution >= 4 is 57.6 Å². The van der Waals surface area contributed by atoms with E-state index in [1.165, 1.54) is 27.8 Å². The van der Waals surface area contributed by atoms with Crippen molar-refractivity contribution < 1.29 is 19.2 Å². The van der Waals surface area contributed by atoms with Crippen LogP contribution in [0.5, 0.6) is 5.75 Å². The highest BCUT2D eigenvalue weighted by Gasteiger charge is 2.37. The molecule has 1 aromatic heterocycles. The van der Waals surface area contributed by atoms with Gasteiger partial charge in [0.05, 0.1) is 26.8 Å². The Morgan fingerprint density at radius 3 is 2.40 bits per heavy atom. The first-order valence-corrected chi connectivity index (χ1v) is 13.1. The Kier molecular flexibility index (Phi) is 7.20. The second kappa shape index (κ2) is 10.8. The number of carbonyl (C=O) groups is 2. The van der Waals surface area contributed by atoms with Crippen molar-refractivity contribution in [3.8, 4) is 11.4 Å². The van der Waals surface area contributed by atoms with Gasteiger partial charge in [-0.3, -0.25) is 29.3 Å². The fraction of sp³-hybridized carbons (Fsp3) is 0.0714. The quantitative estimate of drug-likeness (QED) is 0.0790. The number of ether oxygens (including phenoxy) is 1. The molecule has 0 N–H and O–H groups in total. The number of aromatic nitrogens is 2. The number of rotatable bonds is 6.